The van der Waals surface area contributed by atoms with E-state index in [-0.39, 0.29) is 12.0 Å². The lowest BCUT2D eigenvalue weighted by atomic mass is 10.0. The van der Waals surface area contributed by atoms with E-state index < -0.39 is 5.97 Å². The molecule has 9 heteroatoms. The summed E-state index contributed by atoms with van der Waals surface area (Å²) in [5, 5.41) is 5.91. The summed E-state index contributed by atoms with van der Waals surface area (Å²) >= 11 is 2.53. The topological polar surface area (TPSA) is 104 Å². The Balaban J connectivity index is 1.68. The van der Waals surface area contributed by atoms with Crippen LogP contribution in [0.15, 0.2) is 41.8 Å². The largest absolute Gasteiger partial charge is 0.497 e. The second kappa shape index (κ2) is 11.1. The maximum absolute atomic E-state index is 13.3. The van der Waals surface area contributed by atoms with Gasteiger partial charge in [0.25, 0.3) is 5.91 Å². The number of fused-ring (bicyclic) bond motifs is 1. The molecule has 0 aliphatic heterocycles. The number of rotatable bonds is 9. The van der Waals surface area contributed by atoms with Gasteiger partial charge in [0, 0.05) is 22.0 Å². The molecule has 4 aromatic rings. The highest BCUT2D eigenvalue weighted by Gasteiger charge is 2.26. The van der Waals surface area contributed by atoms with Gasteiger partial charge in [-0.1, -0.05) is 25.5 Å². The van der Waals surface area contributed by atoms with Gasteiger partial charge in [0.15, 0.2) is 0 Å². The predicted molar refractivity (Wildman–Crippen MR) is 147 cm³/mol. The second-order valence-corrected chi connectivity index (χ2v) is 10.5. The molecule has 1 aromatic carbocycles. The van der Waals surface area contributed by atoms with Crippen LogP contribution in [0.4, 0.5) is 10.7 Å². The molecule has 0 aliphatic rings. The van der Waals surface area contributed by atoms with E-state index in [2.05, 4.69) is 12.2 Å². The molecule has 0 bridgehead atoms. The van der Waals surface area contributed by atoms with Crippen LogP contribution < -0.4 is 15.8 Å². The number of hydrogen-bond acceptors (Lipinski definition) is 8. The van der Waals surface area contributed by atoms with Crippen molar-refractivity contribution in [2.24, 2.45) is 0 Å². The molecule has 3 aromatic heterocycles. The molecular weight excluding hydrogens is 494 g/mol. The monoisotopic (exact) mass is 523 g/mol. The van der Waals surface area contributed by atoms with Crippen LogP contribution in [0, 0.1) is 0 Å². The lowest BCUT2D eigenvalue weighted by Crippen LogP contribution is -2.16. The molecule has 1 amide bonds. The standard InChI is InChI=1S/C27H29N3O4S2/c1-5-6-7-17-10-13-19-22(28)23(36-25(19)29-17)24(31)30-26-21(27(32)34-15(2)3)20(14-35-26)16-8-11-18(33-4)12-9-16/h8-15H,5-7,28H2,1-4H3,(H,30,31). The molecule has 3 heterocycles. The summed E-state index contributed by atoms with van der Waals surface area (Å²) in [6.45, 7) is 5.71. The number of anilines is 2. The third-order valence-electron chi connectivity index (χ3n) is 5.61. The molecule has 4 rings (SSSR count). The van der Waals surface area contributed by atoms with Crippen LogP contribution in [0.2, 0.25) is 0 Å². The Bertz CT molecular complexity index is 1390. The number of thiophene rings is 2. The first kappa shape index (κ1) is 25.7. The van der Waals surface area contributed by atoms with Gasteiger partial charge in [0.05, 0.1) is 18.9 Å². The Labute approximate surface area is 218 Å². The summed E-state index contributed by atoms with van der Waals surface area (Å²) < 4.78 is 10.7. The van der Waals surface area contributed by atoms with Crippen molar-refractivity contribution >= 4 is 55.5 Å². The number of aromatic nitrogens is 1. The number of carbonyl (C=O) groups is 2. The second-order valence-electron chi connectivity index (χ2n) is 8.59. The minimum absolute atomic E-state index is 0.309. The molecule has 36 heavy (non-hydrogen) atoms. The van der Waals surface area contributed by atoms with E-state index in [1.807, 2.05) is 41.8 Å². The summed E-state index contributed by atoms with van der Waals surface area (Å²) in [5.74, 6) is -0.174. The van der Waals surface area contributed by atoms with Crippen molar-refractivity contribution in [2.45, 2.75) is 46.1 Å². The van der Waals surface area contributed by atoms with Gasteiger partial charge in [0.2, 0.25) is 0 Å². The number of nitrogens with one attached hydrogen (secondary N) is 1. The highest BCUT2D eigenvalue weighted by Crippen LogP contribution is 2.39. The van der Waals surface area contributed by atoms with Crippen molar-refractivity contribution in [3.05, 3.63) is 57.9 Å². The number of methoxy groups -OCH3 is 1. The number of unbranched alkanes of at least 4 members (excludes halogenated alkanes) is 1. The van der Waals surface area contributed by atoms with Gasteiger partial charge in [0.1, 0.15) is 26.0 Å². The number of esters is 1. The molecule has 0 saturated carbocycles. The first-order valence-electron chi connectivity index (χ1n) is 11.8. The van der Waals surface area contributed by atoms with Crippen molar-refractivity contribution < 1.29 is 19.1 Å². The number of benzene rings is 1. The van der Waals surface area contributed by atoms with Gasteiger partial charge in [-0.2, -0.15) is 0 Å². The zero-order valence-electron chi connectivity index (χ0n) is 20.7. The number of aryl methyl sites for hydroxylation is 1. The zero-order valence-corrected chi connectivity index (χ0v) is 22.3. The van der Waals surface area contributed by atoms with Gasteiger partial charge in [-0.05, 0) is 56.5 Å². The first-order chi connectivity index (χ1) is 17.3. The summed E-state index contributed by atoms with van der Waals surface area (Å²) in [6, 6.07) is 11.3. The van der Waals surface area contributed by atoms with Crippen molar-refractivity contribution in [1.29, 1.82) is 0 Å². The molecule has 0 unspecified atom stereocenters. The number of pyridine rings is 1. The maximum Gasteiger partial charge on any atom is 0.342 e. The van der Waals surface area contributed by atoms with Crippen LogP contribution in [0.25, 0.3) is 21.3 Å². The van der Waals surface area contributed by atoms with Gasteiger partial charge in [-0.3, -0.25) is 4.79 Å². The fraction of sp³-hybridized carbons (Fsp3) is 0.296. The summed E-state index contributed by atoms with van der Waals surface area (Å²) in [7, 11) is 1.60. The molecule has 0 aliphatic carbocycles. The normalized spacial score (nSPS) is 11.1. The number of ether oxygens (including phenoxy) is 2. The van der Waals surface area contributed by atoms with Crippen LogP contribution in [0.3, 0.4) is 0 Å². The molecular formula is C27H29N3O4S2. The molecule has 188 valence electrons. The highest BCUT2D eigenvalue weighted by molar-refractivity contribution is 7.21. The number of amides is 1. The van der Waals surface area contributed by atoms with E-state index in [9.17, 15) is 9.59 Å². The van der Waals surface area contributed by atoms with Crippen LogP contribution in [0.1, 0.15) is 59.3 Å². The smallest absolute Gasteiger partial charge is 0.342 e. The van der Waals surface area contributed by atoms with Crippen LogP contribution in [0.5, 0.6) is 5.75 Å². The first-order valence-corrected chi connectivity index (χ1v) is 13.5. The van der Waals surface area contributed by atoms with E-state index in [1.165, 1.54) is 22.7 Å². The Morgan fingerprint density at radius 2 is 1.89 bits per heavy atom. The van der Waals surface area contributed by atoms with Crippen LogP contribution in [-0.2, 0) is 11.2 Å². The summed E-state index contributed by atoms with van der Waals surface area (Å²) in [4.78, 5) is 32.2. The fourth-order valence-corrected chi connectivity index (χ4v) is 5.73. The third-order valence-corrected chi connectivity index (χ3v) is 7.62. The number of nitrogen functional groups attached to an aromatic ring is 1. The summed E-state index contributed by atoms with van der Waals surface area (Å²) in [6.07, 6.45) is 2.71. The number of hydrogen-bond donors (Lipinski definition) is 2. The molecule has 0 spiro atoms. The third kappa shape index (κ3) is 5.37. The van der Waals surface area contributed by atoms with E-state index in [4.69, 9.17) is 20.2 Å². The molecule has 7 nitrogen and oxygen atoms in total. The van der Waals surface area contributed by atoms with E-state index in [0.717, 1.165) is 40.7 Å². The minimum atomic E-state index is -0.501. The SMILES string of the molecule is CCCCc1ccc2c(N)c(C(=O)Nc3scc(-c4ccc(OC)cc4)c3C(=O)OC(C)C)sc2n1. The summed E-state index contributed by atoms with van der Waals surface area (Å²) in [5.41, 5.74) is 9.52. The Hall–Kier alpha value is -3.43. The van der Waals surface area contributed by atoms with Crippen molar-refractivity contribution in [3.63, 3.8) is 0 Å². The highest BCUT2D eigenvalue weighted by atomic mass is 32.1. The van der Waals surface area contributed by atoms with E-state index >= 15 is 0 Å². The minimum Gasteiger partial charge on any atom is -0.497 e. The van der Waals surface area contributed by atoms with Gasteiger partial charge in [-0.25, -0.2) is 9.78 Å². The average molecular weight is 524 g/mol. The Morgan fingerprint density at radius 3 is 2.56 bits per heavy atom. The molecule has 3 N–H and O–H groups in total. The lowest BCUT2D eigenvalue weighted by molar-refractivity contribution is 0.0380. The van der Waals surface area contributed by atoms with Crippen molar-refractivity contribution in [3.8, 4) is 16.9 Å². The van der Waals surface area contributed by atoms with Gasteiger partial charge in [-0.15, -0.1) is 22.7 Å². The maximum atomic E-state index is 13.3. The van der Waals surface area contributed by atoms with Crippen LogP contribution in [-0.4, -0.2) is 30.1 Å². The van der Waals surface area contributed by atoms with Gasteiger partial charge < -0.3 is 20.5 Å². The van der Waals surface area contributed by atoms with E-state index in [1.54, 1.807) is 21.0 Å². The Kier molecular flexibility index (Phi) is 7.91. The Morgan fingerprint density at radius 1 is 1.14 bits per heavy atom. The molecule has 0 saturated heterocycles. The molecule has 0 radical (unpaired) electrons. The number of nitrogens with zero attached hydrogens (tertiary/aromatic N) is 1. The molecule has 0 fully saturated rings. The fourth-order valence-electron chi connectivity index (χ4n) is 3.77. The van der Waals surface area contributed by atoms with Gasteiger partial charge >= 0.3 is 5.97 Å². The quantitative estimate of drug-likeness (QED) is 0.235. The predicted octanol–water partition coefficient (Wildman–Crippen LogP) is 6.78. The van der Waals surface area contributed by atoms with E-state index in [0.29, 0.717) is 32.4 Å². The lowest BCUT2D eigenvalue weighted by Gasteiger charge is -2.12. The molecule has 0 atom stereocenters. The van der Waals surface area contributed by atoms with Crippen molar-refractivity contribution in [1.82, 2.24) is 4.98 Å². The zero-order chi connectivity index (χ0) is 25.8. The number of nitrogens with two attached hydrogens (primary N) is 1. The number of carbonyl (C=O) groups excluding carboxylic acids is 2. The van der Waals surface area contributed by atoms with Crippen molar-refractivity contribution in [2.75, 3.05) is 18.2 Å². The van der Waals surface area contributed by atoms with Crippen LogP contribution >= 0.6 is 22.7 Å². The average Bonchev–Trinajstić information content (AvgIpc) is 3.43.